The summed E-state index contributed by atoms with van der Waals surface area (Å²) in [4.78, 5) is 23.0. The van der Waals surface area contributed by atoms with Gasteiger partial charge in [0.15, 0.2) is 5.82 Å². The van der Waals surface area contributed by atoms with E-state index in [1.54, 1.807) is 27.0 Å². The zero-order chi connectivity index (χ0) is 20.5. The number of pyridine rings is 1. The molecule has 28 heavy (non-hydrogen) atoms. The van der Waals surface area contributed by atoms with Gasteiger partial charge in [0, 0.05) is 25.7 Å². The first kappa shape index (κ1) is 19.6. The van der Waals surface area contributed by atoms with Crippen LogP contribution < -0.4 is 5.32 Å². The summed E-state index contributed by atoms with van der Waals surface area (Å²) in [6, 6.07) is 1.87. The maximum atomic E-state index is 12.6. The third-order valence-electron chi connectivity index (χ3n) is 4.26. The Morgan fingerprint density at radius 3 is 2.64 bits per heavy atom. The van der Waals surface area contributed by atoms with E-state index >= 15 is 0 Å². The molecule has 1 amide bonds. The highest BCUT2D eigenvalue weighted by atomic mass is 19.4. The van der Waals surface area contributed by atoms with Crippen LogP contribution in [0, 0.1) is 13.8 Å². The monoisotopic (exact) mass is 393 g/mol. The molecule has 10 heteroatoms. The van der Waals surface area contributed by atoms with E-state index in [-0.39, 0.29) is 5.91 Å². The molecule has 7 nitrogen and oxygen atoms in total. The highest BCUT2D eigenvalue weighted by molar-refractivity contribution is 5.94. The van der Waals surface area contributed by atoms with Gasteiger partial charge in [-0.15, -0.1) is 0 Å². The van der Waals surface area contributed by atoms with Crippen LogP contribution >= 0.6 is 0 Å². The molecule has 2 N–H and O–H groups in total. The molecule has 0 bridgehead atoms. The topological polar surface area (TPSA) is 96.7 Å². The predicted molar refractivity (Wildman–Crippen MR) is 92.5 cm³/mol. The van der Waals surface area contributed by atoms with Crippen molar-refractivity contribution in [3.63, 3.8) is 0 Å². The molecule has 1 atom stereocenters. The minimum atomic E-state index is -4.47. The molecule has 3 aromatic rings. The number of halogens is 3. The average Bonchev–Trinajstić information content (AvgIpc) is 3.21. The van der Waals surface area contributed by atoms with Crippen LogP contribution in [0.4, 0.5) is 13.2 Å². The molecule has 0 aliphatic rings. The fraction of sp³-hybridized carbons (Fsp3) is 0.333. The normalized spacial score (nSPS) is 12.8. The summed E-state index contributed by atoms with van der Waals surface area (Å²) in [5.74, 6) is 0.426. The fourth-order valence-electron chi connectivity index (χ4n) is 2.70. The Labute approximate surface area is 158 Å². The number of nitrogens with zero attached hydrogens (tertiary/aromatic N) is 3. The Hall–Kier alpha value is -3.17. The summed E-state index contributed by atoms with van der Waals surface area (Å²) in [6.45, 7) is 5.15. The van der Waals surface area contributed by atoms with Gasteiger partial charge in [-0.05, 0) is 36.6 Å². The smallest absolute Gasteiger partial charge is 0.357 e. The Morgan fingerprint density at radius 2 is 2.07 bits per heavy atom. The van der Waals surface area contributed by atoms with Crippen LogP contribution in [-0.4, -0.2) is 26.0 Å². The number of rotatable bonds is 5. The first-order valence-electron chi connectivity index (χ1n) is 8.45. The van der Waals surface area contributed by atoms with Gasteiger partial charge < -0.3 is 14.8 Å². The Morgan fingerprint density at radius 1 is 1.32 bits per heavy atom. The lowest BCUT2D eigenvalue weighted by Gasteiger charge is -2.10. The van der Waals surface area contributed by atoms with Crippen molar-refractivity contribution in [2.75, 3.05) is 0 Å². The standard InChI is InChI=1S/C18H18F3N5O2/c1-9-13(6-12-4-5-14(22-7-12)18(19,20)21)8-23-15(9)17(27)24-10(2)16-25-11(3)28-26-16/h4-5,7-8,10,23H,6H2,1-3H3,(H,24,27). The second kappa shape index (κ2) is 7.45. The van der Waals surface area contributed by atoms with E-state index in [9.17, 15) is 18.0 Å². The zero-order valence-electron chi connectivity index (χ0n) is 15.4. The number of nitrogens with one attached hydrogen (secondary N) is 2. The number of aromatic amines is 1. The van der Waals surface area contributed by atoms with Gasteiger partial charge in [0.05, 0.1) is 6.04 Å². The molecule has 0 radical (unpaired) electrons. The maximum absolute atomic E-state index is 12.6. The molecule has 0 aliphatic heterocycles. The second-order valence-electron chi connectivity index (χ2n) is 6.41. The number of aromatic nitrogens is 4. The van der Waals surface area contributed by atoms with Crippen LogP contribution in [-0.2, 0) is 12.6 Å². The van der Waals surface area contributed by atoms with Crippen molar-refractivity contribution >= 4 is 5.91 Å². The van der Waals surface area contributed by atoms with E-state index in [1.807, 2.05) is 0 Å². The Bertz CT molecular complexity index is 976. The minimum Gasteiger partial charge on any atom is -0.357 e. The summed E-state index contributed by atoms with van der Waals surface area (Å²) in [5.41, 5.74) is 1.52. The lowest BCUT2D eigenvalue weighted by Crippen LogP contribution is -2.28. The molecule has 0 fully saturated rings. The number of carbonyl (C=O) groups excluding carboxylic acids is 1. The molecular formula is C18H18F3N5O2. The van der Waals surface area contributed by atoms with Gasteiger partial charge in [-0.2, -0.15) is 18.2 Å². The van der Waals surface area contributed by atoms with Gasteiger partial charge in [-0.3, -0.25) is 9.78 Å². The van der Waals surface area contributed by atoms with Crippen LogP contribution in [0.25, 0.3) is 0 Å². The van der Waals surface area contributed by atoms with E-state index in [4.69, 9.17) is 4.52 Å². The molecule has 1 unspecified atom stereocenters. The number of alkyl halides is 3. The van der Waals surface area contributed by atoms with Gasteiger partial charge in [-0.25, -0.2) is 0 Å². The zero-order valence-corrected chi connectivity index (χ0v) is 15.4. The summed E-state index contributed by atoms with van der Waals surface area (Å²) >= 11 is 0. The second-order valence-corrected chi connectivity index (χ2v) is 6.41. The van der Waals surface area contributed by atoms with Gasteiger partial charge in [0.2, 0.25) is 5.89 Å². The minimum absolute atomic E-state index is 0.343. The number of H-pyrrole nitrogens is 1. The van der Waals surface area contributed by atoms with E-state index in [1.165, 1.54) is 12.3 Å². The Kier molecular flexibility index (Phi) is 5.21. The average molecular weight is 393 g/mol. The molecule has 3 rings (SSSR count). The van der Waals surface area contributed by atoms with Gasteiger partial charge in [0.1, 0.15) is 11.4 Å². The van der Waals surface area contributed by atoms with Crippen molar-refractivity contribution < 1.29 is 22.5 Å². The number of amides is 1. The number of hydrogen-bond donors (Lipinski definition) is 2. The van der Waals surface area contributed by atoms with Crippen LogP contribution in [0.5, 0.6) is 0 Å². The van der Waals surface area contributed by atoms with Crippen LogP contribution in [0.3, 0.4) is 0 Å². The van der Waals surface area contributed by atoms with E-state index < -0.39 is 17.9 Å². The maximum Gasteiger partial charge on any atom is 0.433 e. The third-order valence-corrected chi connectivity index (χ3v) is 4.26. The molecule has 148 valence electrons. The molecule has 0 aliphatic carbocycles. The quantitative estimate of drug-likeness (QED) is 0.692. The van der Waals surface area contributed by atoms with Crippen LogP contribution in [0.2, 0.25) is 0 Å². The fourth-order valence-corrected chi connectivity index (χ4v) is 2.70. The molecule has 0 aromatic carbocycles. The lowest BCUT2D eigenvalue weighted by molar-refractivity contribution is -0.141. The first-order chi connectivity index (χ1) is 13.1. The number of carbonyl (C=O) groups is 1. The van der Waals surface area contributed by atoms with Crippen LogP contribution in [0.15, 0.2) is 29.0 Å². The predicted octanol–water partition coefficient (Wildman–Crippen LogP) is 3.51. The molecule has 3 heterocycles. The third kappa shape index (κ3) is 4.21. The van der Waals surface area contributed by atoms with Crippen molar-refractivity contribution in [2.24, 2.45) is 0 Å². The highest BCUT2D eigenvalue weighted by Gasteiger charge is 2.32. The summed E-state index contributed by atoms with van der Waals surface area (Å²) < 4.78 is 42.7. The van der Waals surface area contributed by atoms with Crippen molar-refractivity contribution in [3.05, 3.63) is 64.3 Å². The van der Waals surface area contributed by atoms with E-state index in [0.717, 1.165) is 11.6 Å². The van der Waals surface area contributed by atoms with Crippen molar-refractivity contribution in [3.8, 4) is 0 Å². The van der Waals surface area contributed by atoms with Crippen molar-refractivity contribution in [1.29, 1.82) is 0 Å². The molecule has 0 saturated carbocycles. The van der Waals surface area contributed by atoms with E-state index in [2.05, 4.69) is 25.4 Å². The molecule has 0 spiro atoms. The van der Waals surface area contributed by atoms with Gasteiger partial charge >= 0.3 is 6.18 Å². The highest BCUT2D eigenvalue weighted by Crippen LogP contribution is 2.27. The number of aryl methyl sites for hydroxylation is 1. The summed E-state index contributed by atoms with van der Waals surface area (Å²) in [6.07, 6.45) is -1.27. The van der Waals surface area contributed by atoms with Crippen molar-refractivity contribution in [2.45, 2.75) is 39.4 Å². The molecule has 3 aromatic heterocycles. The van der Waals surface area contributed by atoms with Crippen molar-refractivity contribution in [1.82, 2.24) is 25.4 Å². The molecule has 0 saturated heterocycles. The largest absolute Gasteiger partial charge is 0.433 e. The van der Waals surface area contributed by atoms with Crippen LogP contribution in [0.1, 0.15) is 57.6 Å². The molecular weight excluding hydrogens is 375 g/mol. The lowest BCUT2D eigenvalue weighted by atomic mass is 10.0. The van der Waals surface area contributed by atoms with Gasteiger partial charge in [-0.1, -0.05) is 11.2 Å². The SMILES string of the molecule is Cc1nc(C(C)NC(=O)c2[nH]cc(Cc3ccc(C(F)(F)F)nc3)c2C)no1. The first-order valence-corrected chi connectivity index (χ1v) is 8.45. The Balaban J connectivity index is 1.70. The number of hydrogen-bond acceptors (Lipinski definition) is 5. The van der Waals surface area contributed by atoms with Gasteiger partial charge in [0.25, 0.3) is 5.91 Å². The van der Waals surface area contributed by atoms with E-state index in [0.29, 0.717) is 35.0 Å². The summed E-state index contributed by atoms with van der Waals surface area (Å²) in [7, 11) is 0. The summed E-state index contributed by atoms with van der Waals surface area (Å²) in [5, 5.41) is 6.55.